The van der Waals surface area contributed by atoms with Gasteiger partial charge < -0.3 is 20.4 Å². The first-order valence-corrected chi connectivity index (χ1v) is 10.4. The van der Waals surface area contributed by atoms with Crippen LogP contribution in [0.4, 0.5) is 4.39 Å². The topological polar surface area (TPSA) is 98.0 Å². The normalized spacial score (nSPS) is 24.7. The minimum atomic E-state index is -0.920. The van der Waals surface area contributed by atoms with E-state index in [1.54, 1.807) is 18.2 Å². The van der Waals surface area contributed by atoms with Gasteiger partial charge in [0.2, 0.25) is 0 Å². The molecular formula is C23H31FO5. The molecule has 1 aliphatic carbocycles. The molecule has 0 bridgehead atoms. The van der Waals surface area contributed by atoms with Crippen LogP contribution in [0.15, 0.2) is 24.3 Å². The molecule has 1 fully saturated rings. The number of carboxylic acids is 1. The molecule has 1 aromatic carbocycles. The van der Waals surface area contributed by atoms with Crippen LogP contribution in [-0.4, -0.2) is 44.7 Å². The maximum Gasteiger partial charge on any atom is 0.303 e. The Kier molecular flexibility index (Phi) is 9.59. The van der Waals surface area contributed by atoms with Gasteiger partial charge in [-0.1, -0.05) is 43.2 Å². The van der Waals surface area contributed by atoms with Crippen LogP contribution < -0.4 is 0 Å². The highest BCUT2D eigenvalue weighted by Crippen LogP contribution is 2.39. The van der Waals surface area contributed by atoms with Crippen molar-refractivity contribution < 1.29 is 29.6 Å². The summed E-state index contributed by atoms with van der Waals surface area (Å²) in [5.74, 6) is 3.96. The Morgan fingerprint density at radius 2 is 1.72 bits per heavy atom. The summed E-state index contributed by atoms with van der Waals surface area (Å²) in [5.41, 5.74) is 0.239. The molecule has 0 radical (unpaired) electrons. The number of hydrogen-bond donors (Lipinski definition) is 4. The molecule has 2 rings (SSSR count). The van der Waals surface area contributed by atoms with E-state index in [-0.39, 0.29) is 23.8 Å². The number of rotatable bonds is 10. The quantitative estimate of drug-likeness (QED) is 0.354. The number of aliphatic carboxylic acids is 1. The summed E-state index contributed by atoms with van der Waals surface area (Å²) in [4.78, 5) is 10.5. The lowest BCUT2D eigenvalue weighted by Crippen LogP contribution is -2.23. The van der Waals surface area contributed by atoms with Crippen LogP contribution in [0.1, 0.15) is 63.4 Å². The Bertz CT molecular complexity index is 711. The second-order valence-electron chi connectivity index (χ2n) is 7.89. The standard InChI is InChI=1S/C23H31FO5/c24-20-9-6-5-7-16(20)11-12-17(25)13-14-19-18(21(26)15-22(19)27)8-3-1-2-4-10-23(28)29/h5-7,9,17-19,21-22,25-27H,1-4,8,10,13-15H2,(H,28,29)/t17?,18-,19-,21+,22-/m1/s1. The summed E-state index contributed by atoms with van der Waals surface area (Å²) >= 11 is 0. The Hall–Kier alpha value is -1.94. The third-order valence-corrected chi connectivity index (χ3v) is 5.72. The van der Waals surface area contributed by atoms with Crippen LogP contribution in [0.3, 0.4) is 0 Å². The summed E-state index contributed by atoms with van der Waals surface area (Å²) in [7, 11) is 0. The first-order valence-electron chi connectivity index (χ1n) is 10.4. The summed E-state index contributed by atoms with van der Waals surface area (Å²) in [5, 5.41) is 39.4. The largest absolute Gasteiger partial charge is 0.481 e. The van der Waals surface area contributed by atoms with Crippen molar-refractivity contribution in [1.82, 2.24) is 0 Å². The van der Waals surface area contributed by atoms with Crippen molar-refractivity contribution in [2.24, 2.45) is 11.8 Å². The molecule has 0 saturated heterocycles. The van der Waals surface area contributed by atoms with Crippen molar-refractivity contribution in [2.45, 2.75) is 76.1 Å². The first-order chi connectivity index (χ1) is 13.9. The molecule has 1 saturated carbocycles. The third kappa shape index (κ3) is 7.77. The summed E-state index contributed by atoms with van der Waals surface area (Å²) in [6.07, 6.45) is 3.36. The number of benzene rings is 1. The van der Waals surface area contributed by atoms with Crippen LogP contribution in [0, 0.1) is 29.5 Å². The fraction of sp³-hybridized carbons (Fsp3) is 0.609. The smallest absolute Gasteiger partial charge is 0.303 e. The van der Waals surface area contributed by atoms with Crippen molar-refractivity contribution in [1.29, 1.82) is 0 Å². The highest BCUT2D eigenvalue weighted by Gasteiger charge is 2.40. The molecule has 0 heterocycles. The van der Waals surface area contributed by atoms with Gasteiger partial charge in [-0.2, -0.15) is 0 Å². The summed E-state index contributed by atoms with van der Waals surface area (Å²) in [6, 6.07) is 6.13. The second-order valence-corrected chi connectivity index (χ2v) is 7.89. The average Bonchev–Trinajstić information content (AvgIpc) is 2.94. The van der Waals surface area contributed by atoms with Crippen LogP contribution in [0.2, 0.25) is 0 Å². The van der Waals surface area contributed by atoms with Crippen molar-refractivity contribution >= 4 is 5.97 Å². The molecule has 1 unspecified atom stereocenters. The molecular weight excluding hydrogens is 375 g/mol. The number of unbranched alkanes of at least 4 members (excludes halogenated alkanes) is 3. The summed E-state index contributed by atoms with van der Waals surface area (Å²) in [6.45, 7) is 0. The minimum absolute atomic E-state index is 0.0313. The number of carboxylic acid groups (broad SMARTS) is 1. The Morgan fingerprint density at radius 3 is 2.41 bits per heavy atom. The van der Waals surface area contributed by atoms with E-state index in [1.807, 2.05) is 0 Å². The zero-order chi connectivity index (χ0) is 21.2. The molecule has 0 spiro atoms. The van der Waals surface area contributed by atoms with E-state index < -0.39 is 30.1 Å². The van der Waals surface area contributed by atoms with Crippen LogP contribution >= 0.6 is 0 Å². The van der Waals surface area contributed by atoms with Gasteiger partial charge in [-0.25, -0.2) is 4.39 Å². The molecule has 5 atom stereocenters. The van der Waals surface area contributed by atoms with Gasteiger partial charge in [0.1, 0.15) is 11.9 Å². The zero-order valence-corrected chi connectivity index (χ0v) is 16.6. The molecule has 6 heteroatoms. The molecule has 1 aromatic rings. The van der Waals surface area contributed by atoms with Crippen molar-refractivity contribution in [2.75, 3.05) is 0 Å². The van der Waals surface area contributed by atoms with E-state index in [1.165, 1.54) is 6.07 Å². The predicted molar refractivity (Wildman–Crippen MR) is 107 cm³/mol. The third-order valence-electron chi connectivity index (χ3n) is 5.72. The number of aliphatic hydroxyl groups is 3. The fourth-order valence-corrected chi connectivity index (χ4v) is 4.14. The molecule has 29 heavy (non-hydrogen) atoms. The lowest BCUT2D eigenvalue weighted by atomic mass is 9.85. The van der Waals surface area contributed by atoms with E-state index in [0.717, 1.165) is 25.7 Å². The van der Waals surface area contributed by atoms with Gasteiger partial charge in [0.15, 0.2) is 0 Å². The van der Waals surface area contributed by atoms with Gasteiger partial charge in [0.05, 0.1) is 17.8 Å². The Balaban J connectivity index is 1.79. The van der Waals surface area contributed by atoms with Gasteiger partial charge in [-0.05, 0) is 56.1 Å². The van der Waals surface area contributed by atoms with E-state index in [4.69, 9.17) is 5.11 Å². The van der Waals surface area contributed by atoms with E-state index in [2.05, 4.69) is 11.8 Å². The molecule has 0 amide bonds. The second kappa shape index (κ2) is 11.9. The predicted octanol–water partition coefficient (Wildman–Crippen LogP) is 3.10. The van der Waals surface area contributed by atoms with Crippen molar-refractivity contribution in [3.05, 3.63) is 35.6 Å². The van der Waals surface area contributed by atoms with Crippen LogP contribution in [0.25, 0.3) is 0 Å². The van der Waals surface area contributed by atoms with Gasteiger partial charge in [0, 0.05) is 6.42 Å². The molecule has 1 aliphatic rings. The molecule has 160 valence electrons. The van der Waals surface area contributed by atoms with Crippen molar-refractivity contribution in [3.8, 4) is 11.8 Å². The number of hydrogen-bond acceptors (Lipinski definition) is 4. The van der Waals surface area contributed by atoms with Crippen LogP contribution in [-0.2, 0) is 4.79 Å². The number of carbonyl (C=O) groups is 1. The Morgan fingerprint density at radius 1 is 1.07 bits per heavy atom. The van der Waals surface area contributed by atoms with Crippen molar-refractivity contribution in [3.63, 3.8) is 0 Å². The lowest BCUT2D eigenvalue weighted by Gasteiger charge is -2.24. The molecule has 0 aliphatic heterocycles. The summed E-state index contributed by atoms with van der Waals surface area (Å²) < 4.78 is 13.6. The van der Waals surface area contributed by atoms with E-state index in [9.17, 15) is 24.5 Å². The van der Waals surface area contributed by atoms with Crippen LogP contribution in [0.5, 0.6) is 0 Å². The van der Waals surface area contributed by atoms with E-state index in [0.29, 0.717) is 25.7 Å². The minimum Gasteiger partial charge on any atom is -0.481 e. The average molecular weight is 406 g/mol. The highest BCUT2D eigenvalue weighted by atomic mass is 19.1. The SMILES string of the molecule is O=C(O)CCCCCC[C@@H]1[C@@H](CCC(O)C#Cc2ccccc2F)[C@H](O)C[C@@H]1O. The van der Waals surface area contributed by atoms with E-state index >= 15 is 0 Å². The van der Waals surface area contributed by atoms with Gasteiger partial charge in [-0.3, -0.25) is 4.79 Å². The van der Waals surface area contributed by atoms with Gasteiger partial charge >= 0.3 is 5.97 Å². The fourth-order valence-electron chi connectivity index (χ4n) is 4.14. The number of halogens is 1. The highest BCUT2D eigenvalue weighted by molar-refractivity contribution is 5.66. The number of aliphatic hydroxyl groups excluding tert-OH is 3. The maximum atomic E-state index is 13.6. The Labute approximate surface area is 171 Å². The lowest BCUT2D eigenvalue weighted by molar-refractivity contribution is -0.137. The molecule has 4 N–H and O–H groups in total. The molecule has 5 nitrogen and oxygen atoms in total. The van der Waals surface area contributed by atoms with Gasteiger partial charge in [0.25, 0.3) is 0 Å². The van der Waals surface area contributed by atoms with Gasteiger partial charge in [-0.15, -0.1) is 0 Å². The maximum absolute atomic E-state index is 13.6. The first kappa shape index (κ1) is 23.3. The molecule has 0 aromatic heterocycles. The monoisotopic (exact) mass is 406 g/mol. The zero-order valence-electron chi connectivity index (χ0n) is 16.6.